The third-order valence-electron chi connectivity index (χ3n) is 6.06. The highest BCUT2D eigenvalue weighted by molar-refractivity contribution is 5.79. The van der Waals surface area contributed by atoms with Crippen LogP contribution in [0.4, 0.5) is 4.79 Å². The lowest BCUT2D eigenvalue weighted by atomic mass is 10.0. The van der Waals surface area contributed by atoms with Gasteiger partial charge in [-0.05, 0) is 31.9 Å². The number of piperidine rings is 1. The molecule has 0 unspecified atom stereocenters. The fourth-order valence-electron chi connectivity index (χ4n) is 4.11. The van der Waals surface area contributed by atoms with E-state index in [1.165, 1.54) is 11.1 Å². The predicted octanol–water partition coefficient (Wildman–Crippen LogP) is 3.95. The van der Waals surface area contributed by atoms with Crippen LogP contribution in [0.25, 0.3) is 22.5 Å². The molecule has 0 radical (unpaired) electrons. The summed E-state index contributed by atoms with van der Waals surface area (Å²) in [5.74, 6) is 0.105. The second-order valence-electron chi connectivity index (χ2n) is 8.92. The van der Waals surface area contributed by atoms with Crippen molar-refractivity contribution in [3.8, 4) is 28.4 Å². The van der Waals surface area contributed by atoms with Gasteiger partial charge in [0.15, 0.2) is 6.33 Å². The summed E-state index contributed by atoms with van der Waals surface area (Å²) < 4.78 is 5.74. The number of amides is 1. The molecule has 0 spiro atoms. The van der Waals surface area contributed by atoms with Crippen LogP contribution in [0.3, 0.4) is 0 Å². The van der Waals surface area contributed by atoms with Crippen molar-refractivity contribution >= 4 is 6.09 Å². The Morgan fingerprint density at radius 1 is 0.889 bits per heavy atom. The van der Waals surface area contributed by atoms with Crippen molar-refractivity contribution in [2.24, 2.45) is 0 Å². The van der Waals surface area contributed by atoms with Crippen molar-refractivity contribution in [2.45, 2.75) is 39.7 Å². The highest BCUT2D eigenvalue weighted by Gasteiger charge is 2.22. The monoisotopic (exact) mass is 484 g/mol. The molecule has 2 aromatic carbocycles. The number of rotatable bonds is 6. The zero-order valence-corrected chi connectivity index (χ0v) is 20.4. The van der Waals surface area contributed by atoms with E-state index >= 15 is 0 Å². The topological polar surface area (TPSA) is 111 Å². The normalized spacial score (nSPS) is 13.9. The smallest absolute Gasteiger partial charge is 0.388 e. The molecule has 1 fully saturated rings. The van der Waals surface area contributed by atoms with Gasteiger partial charge in [-0.15, -0.1) is 10.2 Å². The fraction of sp³-hybridized carbons (Fsp3) is 0.308. The molecule has 10 nitrogen and oxygen atoms in total. The maximum atomic E-state index is 12.8. The first-order valence-corrected chi connectivity index (χ1v) is 12.0. The van der Waals surface area contributed by atoms with Crippen LogP contribution in [0.2, 0.25) is 0 Å². The number of benzene rings is 2. The lowest BCUT2D eigenvalue weighted by Gasteiger charge is -2.26. The molecule has 3 heterocycles. The summed E-state index contributed by atoms with van der Waals surface area (Å²) in [5, 5.41) is 13.7. The highest BCUT2D eigenvalue weighted by Crippen LogP contribution is 2.33. The first-order chi connectivity index (χ1) is 17.5. The van der Waals surface area contributed by atoms with Crippen LogP contribution in [0, 0.1) is 13.8 Å². The molecule has 1 aliphatic rings. The number of carbonyl (C=O) groups excluding carboxylic acids is 1. The number of hydrogen-bond donors (Lipinski definition) is 1. The Morgan fingerprint density at radius 3 is 2.08 bits per heavy atom. The van der Waals surface area contributed by atoms with Gasteiger partial charge in [-0.2, -0.15) is 4.80 Å². The van der Waals surface area contributed by atoms with Gasteiger partial charge in [0.2, 0.25) is 5.88 Å². The van der Waals surface area contributed by atoms with E-state index < -0.39 is 6.09 Å². The molecular weight excluding hydrogens is 456 g/mol. The van der Waals surface area contributed by atoms with Crippen molar-refractivity contribution < 1.29 is 9.53 Å². The molecule has 0 saturated carbocycles. The number of ether oxygens (including phenoxy) is 1. The minimum atomic E-state index is -0.600. The van der Waals surface area contributed by atoms with E-state index in [1.807, 2.05) is 67.4 Å². The quantitative estimate of drug-likeness (QED) is 0.438. The average molecular weight is 485 g/mol. The minimum absolute atomic E-state index is 0.105. The molecule has 0 atom stereocenters. The SMILES string of the molecule is Cc1ccc(-c2nc(Cn3ncnn3)c(OC(=O)NN3CCCCC3)nc2-c2ccc(C)cc2)cc1. The second-order valence-corrected chi connectivity index (χ2v) is 8.92. The standard InChI is InChI=1S/C26H28N8O2/c1-18-6-10-20(11-7-18)23-24(21-12-8-19(2)9-13-21)30-25(22(29-23)16-34-28-17-27-32-34)36-26(35)31-33-14-4-3-5-15-33/h6-13,17H,3-5,14-16H2,1-2H3,(H,31,35). The zero-order valence-electron chi connectivity index (χ0n) is 20.4. The molecular formula is C26H28N8O2. The Bertz CT molecular complexity index is 1320. The third-order valence-corrected chi connectivity index (χ3v) is 6.06. The van der Waals surface area contributed by atoms with Gasteiger partial charge in [0.1, 0.15) is 17.9 Å². The Labute approximate surface area is 209 Å². The third kappa shape index (κ3) is 5.55. The number of carbonyl (C=O) groups is 1. The number of tetrazole rings is 1. The molecule has 1 N–H and O–H groups in total. The molecule has 36 heavy (non-hydrogen) atoms. The van der Waals surface area contributed by atoms with Crippen LogP contribution in [0.15, 0.2) is 54.9 Å². The van der Waals surface area contributed by atoms with Crippen LogP contribution in [0.5, 0.6) is 5.88 Å². The Morgan fingerprint density at radius 2 is 1.50 bits per heavy atom. The summed E-state index contributed by atoms with van der Waals surface area (Å²) in [6.45, 7) is 5.79. The molecule has 184 valence electrons. The lowest BCUT2D eigenvalue weighted by Crippen LogP contribution is -2.46. The van der Waals surface area contributed by atoms with E-state index in [9.17, 15) is 4.79 Å². The van der Waals surface area contributed by atoms with E-state index in [0.29, 0.717) is 17.1 Å². The van der Waals surface area contributed by atoms with Crippen LogP contribution in [0.1, 0.15) is 36.1 Å². The molecule has 0 bridgehead atoms. The van der Waals surface area contributed by atoms with Gasteiger partial charge in [-0.3, -0.25) is 5.43 Å². The van der Waals surface area contributed by atoms with Gasteiger partial charge in [-0.25, -0.2) is 19.8 Å². The molecule has 4 aromatic rings. The minimum Gasteiger partial charge on any atom is -0.388 e. The van der Waals surface area contributed by atoms with Crippen molar-refractivity contribution in [1.29, 1.82) is 0 Å². The summed E-state index contributed by atoms with van der Waals surface area (Å²) in [4.78, 5) is 24.0. The fourth-order valence-corrected chi connectivity index (χ4v) is 4.11. The molecule has 1 saturated heterocycles. The van der Waals surface area contributed by atoms with Gasteiger partial charge >= 0.3 is 6.09 Å². The highest BCUT2D eigenvalue weighted by atomic mass is 16.6. The van der Waals surface area contributed by atoms with Crippen LogP contribution < -0.4 is 10.2 Å². The Hall–Kier alpha value is -4.18. The van der Waals surface area contributed by atoms with Gasteiger partial charge in [0.25, 0.3) is 0 Å². The number of hydrogen-bond acceptors (Lipinski definition) is 8. The second kappa shape index (κ2) is 10.6. The van der Waals surface area contributed by atoms with Crippen molar-refractivity contribution in [3.63, 3.8) is 0 Å². The summed E-state index contributed by atoms with van der Waals surface area (Å²) >= 11 is 0. The van der Waals surface area contributed by atoms with Crippen molar-refractivity contribution in [1.82, 2.24) is 40.6 Å². The van der Waals surface area contributed by atoms with Gasteiger partial charge in [0, 0.05) is 24.2 Å². The average Bonchev–Trinajstić information content (AvgIpc) is 3.40. The number of aromatic nitrogens is 6. The van der Waals surface area contributed by atoms with Crippen LogP contribution in [-0.4, -0.2) is 54.4 Å². The first kappa shape index (κ1) is 23.6. The summed E-state index contributed by atoms with van der Waals surface area (Å²) in [5.41, 5.74) is 8.60. The number of hydrazine groups is 1. The van der Waals surface area contributed by atoms with Crippen LogP contribution >= 0.6 is 0 Å². The summed E-state index contributed by atoms with van der Waals surface area (Å²) in [6, 6.07) is 16.1. The molecule has 10 heteroatoms. The zero-order chi connectivity index (χ0) is 24.9. The maximum Gasteiger partial charge on any atom is 0.428 e. The van der Waals surface area contributed by atoms with Crippen molar-refractivity contribution in [2.75, 3.05) is 13.1 Å². The molecule has 0 aliphatic carbocycles. The maximum absolute atomic E-state index is 12.8. The molecule has 1 aliphatic heterocycles. The number of nitrogens with zero attached hydrogens (tertiary/aromatic N) is 7. The summed E-state index contributed by atoms with van der Waals surface area (Å²) in [6.07, 6.45) is 3.97. The lowest BCUT2D eigenvalue weighted by molar-refractivity contribution is 0.127. The predicted molar refractivity (Wildman–Crippen MR) is 134 cm³/mol. The Balaban J connectivity index is 1.57. The van der Waals surface area contributed by atoms with E-state index in [2.05, 4.69) is 20.8 Å². The van der Waals surface area contributed by atoms with Crippen LogP contribution in [-0.2, 0) is 6.54 Å². The van der Waals surface area contributed by atoms with E-state index in [4.69, 9.17) is 14.7 Å². The number of aryl methyl sites for hydroxylation is 2. The van der Waals surface area contributed by atoms with E-state index in [0.717, 1.165) is 54.6 Å². The van der Waals surface area contributed by atoms with Crippen molar-refractivity contribution in [3.05, 3.63) is 71.7 Å². The van der Waals surface area contributed by atoms with Gasteiger partial charge < -0.3 is 4.74 Å². The summed E-state index contributed by atoms with van der Waals surface area (Å²) in [7, 11) is 0. The molecule has 1 amide bonds. The van der Waals surface area contributed by atoms with E-state index in [1.54, 1.807) is 0 Å². The molecule has 5 rings (SSSR count). The first-order valence-electron chi connectivity index (χ1n) is 12.0. The van der Waals surface area contributed by atoms with Gasteiger partial charge in [-0.1, -0.05) is 66.1 Å². The van der Waals surface area contributed by atoms with E-state index in [-0.39, 0.29) is 12.4 Å². The number of nitrogens with one attached hydrogen (secondary N) is 1. The largest absolute Gasteiger partial charge is 0.428 e. The Kier molecular flexibility index (Phi) is 6.94. The van der Waals surface area contributed by atoms with Gasteiger partial charge in [0.05, 0.1) is 5.69 Å². The molecule has 2 aromatic heterocycles.